The van der Waals surface area contributed by atoms with Gasteiger partial charge in [0.25, 0.3) is 0 Å². The van der Waals surface area contributed by atoms with Crippen molar-refractivity contribution < 1.29 is 9.53 Å². The molecule has 0 fully saturated rings. The molecule has 94 valence electrons. The third-order valence-electron chi connectivity index (χ3n) is 2.17. The van der Waals surface area contributed by atoms with Crippen molar-refractivity contribution in [2.24, 2.45) is 5.73 Å². The molecule has 5 N–H and O–H groups in total. The van der Waals surface area contributed by atoms with Crippen molar-refractivity contribution in [1.82, 2.24) is 0 Å². The van der Waals surface area contributed by atoms with Crippen molar-refractivity contribution in [2.45, 2.75) is 19.8 Å². The SMILES string of the molecule is CCOc1cc(N)cc(NCCCC(N)=O)c1. The molecule has 0 aliphatic heterocycles. The second-order valence-electron chi connectivity index (χ2n) is 3.72. The van der Waals surface area contributed by atoms with Crippen LogP contribution in [0, 0.1) is 0 Å². The lowest BCUT2D eigenvalue weighted by Gasteiger charge is -2.10. The van der Waals surface area contributed by atoms with Gasteiger partial charge in [0.15, 0.2) is 0 Å². The molecule has 1 amide bonds. The largest absolute Gasteiger partial charge is 0.494 e. The van der Waals surface area contributed by atoms with Crippen LogP contribution in [-0.4, -0.2) is 19.1 Å². The molecule has 0 heterocycles. The Balaban J connectivity index is 2.49. The number of nitrogen functional groups attached to an aromatic ring is 1. The molecule has 17 heavy (non-hydrogen) atoms. The van der Waals surface area contributed by atoms with Crippen LogP contribution in [0.3, 0.4) is 0 Å². The maximum atomic E-state index is 10.6. The summed E-state index contributed by atoms with van der Waals surface area (Å²) >= 11 is 0. The summed E-state index contributed by atoms with van der Waals surface area (Å²) in [5.41, 5.74) is 12.3. The molecule has 0 saturated carbocycles. The van der Waals surface area contributed by atoms with E-state index in [0.29, 0.717) is 31.7 Å². The molecular formula is C12H19N3O2. The quantitative estimate of drug-likeness (QED) is 0.493. The number of nitrogens with one attached hydrogen (secondary N) is 1. The van der Waals surface area contributed by atoms with Crippen LogP contribution in [-0.2, 0) is 4.79 Å². The van der Waals surface area contributed by atoms with E-state index in [1.54, 1.807) is 6.07 Å². The first-order valence-corrected chi connectivity index (χ1v) is 5.67. The number of hydrogen-bond acceptors (Lipinski definition) is 4. The van der Waals surface area contributed by atoms with Crippen molar-refractivity contribution in [1.29, 1.82) is 0 Å². The minimum absolute atomic E-state index is 0.283. The maximum Gasteiger partial charge on any atom is 0.217 e. The van der Waals surface area contributed by atoms with Gasteiger partial charge in [-0.25, -0.2) is 0 Å². The lowest BCUT2D eigenvalue weighted by atomic mass is 10.2. The average molecular weight is 237 g/mol. The van der Waals surface area contributed by atoms with Crippen LogP contribution in [0.15, 0.2) is 18.2 Å². The number of benzene rings is 1. The van der Waals surface area contributed by atoms with E-state index in [4.69, 9.17) is 16.2 Å². The fraction of sp³-hybridized carbons (Fsp3) is 0.417. The summed E-state index contributed by atoms with van der Waals surface area (Å²) in [6, 6.07) is 5.48. The highest BCUT2D eigenvalue weighted by Gasteiger charge is 2.00. The van der Waals surface area contributed by atoms with Crippen LogP contribution in [0.4, 0.5) is 11.4 Å². The highest BCUT2D eigenvalue weighted by molar-refractivity contribution is 5.73. The molecule has 1 rings (SSSR count). The van der Waals surface area contributed by atoms with Crippen molar-refractivity contribution in [2.75, 3.05) is 24.2 Å². The van der Waals surface area contributed by atoms with Crippen molar-refractivity contribution in [3.8, 4) is 5.75 Å². The minimum atomic E-state index is -0.283. The van der Waals surface area contributed by atoms with Gasteiger partial charge in [0.1, 0.15) is 5.75 Å². The lowest BCUT2D eigenvalue weighted by Crippen LogP contribution is -2.12. The van der Waals surface area contributed by atoms with E-state index in [1.165, 1.54) is 0 Å². The van der Waals surface area contributed by atoms with Gasteiger partial charge in [-0.3, -0.25) is 4.79 Å². The molecule has 0 saturated heterocycles. The van der Waals surface area contributed by atoms with Crippen LogP contribution in [0.5, 0.6) is 5.75 Å². The normalized spacial score (nSPS) is 9.94. The fourth-order valence-electron chi connectivity index (χ4n) is 1.47. The van der Waals surface area contributed by atoms with Gasteiger partial charge in [-0.05, 0) is 19.4 Å². The van der Waals surface area contributed by atoms with Crippen molar-refractivity contribution >= 4 is 17.3 Å². The number of carbonyl (C=O) groups is 1. The predicted molar refractivity (Wildman–Crippen MR) is 68.9 cm³/mol. The Morgan fingerprint density at radius 1 is 1.41 bits per heavy atom. The highest BCUT2D eigenvalue weighted by Crippen LogP contribution is 2.22. The lowest BCUT2D eigenvalue weighted by molar-refractivity contribution is -0.118. The number of ether oxygens (including phenoxy) is 1. The number of nitrogens with two attached hydrogens (primary N) is 2. The minimum Gasteiger partial charge on any atom is -0.494 e. The summed E-state index contributed by atoms with van der Waals surface area (Å²) < 4.78 is 5.38. The van der Waals surface area contributed by atoms with Crippen LogP contribution < -0.4 is 21.5 Å². The molecule has 0 aliphatic carbocycles. The van der Waals surface area contributed by atoms with Gasteiger partial charge < -0.3 is 21.5 Å². The standard InChI is InChI=1S/C12H19N3O2/c1-2-17-11-7-9(13)6-10(8-11)15-5-3-4-12(14)16/h6-8,15H,2-5,13H2,1H3,(H2,14,16). The van der Waals surface area contributed by atoms with Crippen molar-refractivity contribution in [3.63, 3.8) is 0 Å². The third kappa shape index (κ3) is 5.10. The van der Waals surface area contributed by atoms with Gasteiger partial charge in [0.05, 0.1) is 6.61 Å². The summed E-state index contributed by atoms with van der Waals surface area (Å²) in [6.45, 7) is 3.20. The molecule has 5 nitrogen and oxygen atoms in total. The summed E-state index contributed by atoms with van der Waals surface area (Å²) in [5, 5.41) is 3.17. The zero-order chi connectivity index (χ0) is 12.7. The Morgan fingerprint density at radius 2 is 2.18 bits per heavy atom. The number of amides is 1. The first kappa shape index (κ1) is 13.2. The summed E-state index contributed by atoms with van der Waals surface area (Å²) in [6.07, 6.45) is 1.09. The zero-order valence-corrected chi connectivity index (χ0v) is 10.0. The number of primary amides is 1. The molecule has 1 aromatic carbocycles. The van der Waals surface area contributed by atoms with Crippen LogP contribution in [0.2, 0.25) is 0 Å². The van der Waals surface area contributed by atoms with E-state index in [-0.39, 0.29) is 5.91 Å². The molecule has 0 spiro atoms. The van der Waals surface area contributed by atoms with E-state index in [9.17, 15) is 4.79 Å². The van der Waals surface area contributed by atoms with Gasteiger partial charge >= 0.3 is 0 Å². The van der Waals surface area contributed by atoms with Gasteiger partial charge in [-0.2, -0.15) is 0 Å². The molecule has 0 atom stereocenters. The second-order valence-corrected chi connectivity index (χ2v) is 3.72. The van der Waals surface area contributed by atoms with Crippen LogP contribution >= 0.6 is 0 Å². The third-order valence-corrected chi connectivity index (χ3v) is 2.17. The molecule has 0 aliphatic rings. The Kier molecular flexibility index (Phi) is 5.13. The Labute approximate surface area is 101 Å². The molecule has 5 heteroatoms. The van der Waals surface area contributed by atoms with E-state index >= 15 is 0 Å². The Bertz CT molecular complexity index is 380. The van der Waals surface area contributed by atoms with E-state index in [1.807, 2.05) is 19.1 Å². The number of anilines is 2. The van der Waals surface area contributed by atoms with Gasteiger partial charge in [-0.15, -0.1) is 0 Å². The van der Waals surface area contributed by atoms with E-state index in [2.05, 4.69) is 5.32 Å². The summed E-state index contributed by atoms with van der Waals surface area (Å²) in [4.78, 5) is 10.6. The Hall–Kier alpha value is -1.91. The predicted octanol–water partition coefficient (Wildman–Crippen LogP) is 1.34. The molecular weight excluding hydrogens is 218 g/mol. The Morgan fingerprint density at radius 3 is 2.82 bits per heavy atom. The summed E-state index contributed by atoms with van der Waals surface area (Å²) in [7, 11) is 0. The van der Waals surface area contributed by atoms with Crippen LogP contribution in [0.25, 0.3) is 0 Å². The first-order chi connectivity index (χ1) is 8.11. The molecule has 1 aromatic rings. The number of rotatable bonds is 7. The highest BCUT2D eigenvalue weighted by atomic mass is 16.5. The molecule has 0 aromatic heterocycles. The van der Waals surface area contributed by atoms with E-state index < -0.39 is 0 Å². The number of hydrogen-bond donors (Lipinski definition) is 3. The smallest absolute Gasteiger partial charge is 0.217 e. The van der Waals surface area contributed by atoms with Gasteiger partial charge in [-0.1, -0.05) is 0 Å². The maximum absolute atomic E-state index is 10.6. The van der Waals surface area contributed by atoms with Crippen LogP contribution in [0.1, 0.15) is 19.8 Å². The molecule has 0 unspecified atom stereocenters. The monoisotopic (exact) mass is 237 g/mol. The fourth-order valence-corrected chi connectivity index (χ4v) is 1.47. The molecule has 0 bridgehead atoms. The van der Waals surface area contributed by atoms with Gasteiger partial charge in [0.2, 0.25) is 5.91 Å². The summed E-state index contributed by atoms with van der Waals surface area (Å²) in [5.74, 6) is 0.458. The average Bonchev–Trinajstić information content (AvgIpc) is 2.24. The van der Waals surface area contributed by atoms with Crippen molar-refractivity contribution in [3.05, 3.63) is 18.2 Å². The molecule has 0 radical (unpaired) electrons. The zero-order valence-electron chi connectivity index (χ0n) is 10.0. The number of carbonyl (C=O) groups excluding carboxylic acids is 1. The van der Waals surface area contributed by atoms with Gasteiger partial charge in [0, 0.05) is 36.5 Å². The van der Waals surface area contributed by atoms with E-state index in [0.717, 1.165) is 11.4 Å². The second kappa shape index (κ2) is 6.62. The topological polar surface area (TPSA) is 90.4 Å². The first-order valence-electron chi connectivity index (χ1n) is 5.67.